The van der Waals surface area contributed by atoms with E-state index in [1.807, 2.05) is 13.8 Å². The minimum atomic E-state index is -0.868. The van der Waals surface area contributed by atoms with Crippen molar-refractivity contribution in [1.29, 1.82) is 0 Å². The third-order valence-electron chi connectivity index (χ3n) is 2.87. The van der Waals surface area contributed by atoms with Gasteiger partial charge < -0.3 is 15.6 Å². The van der Waals surface area contributed by atoms with E-state index in [4.69, 9.17) is 10.5 Å². The van der Waals surface area contributed by atoms with E-state index in [-0.39, 0.29) is 0 Å². The van der Waals surface area contributed by atoms with Crippen LogP contribution in [-0.2, 0) is 9.53 Å². The summed E-state index contributed by atoms with van der Waals surface area (Å²) in [6.45, 7) is 9.45. The second kappa shape index (κ2) is 7.00. The van der Waals surface area contributed by atoms with Gasteiger partial charge in [0.1, 0.15) is 11.6 Å². The van der Waals surface area contributed by atoms with Crippen LogP contribution in [0.5, 0.6) is 0 Å². The van der Waals surface area contributed by atoms with E-state index in [1.54, 1.807) is 32.9 Å². The predicted octanol–water partition coefficient (Wildman–Crippen LogP) is 2.50. The highest BCUT2D eigenvalue weighted by Gasteiger charge is 2.24. The first-order chi connectivity index (χ1) is 9.60. The molecule has 0 saturated carbocycles. The molecule has 0 radical (unpaired) electrons. The Labute approximate surface area is 126 Å². The van der Waals surface area contributed by atoms with Crippen LogP contribution >= 0.6 is 0 Å². The first-order valence-electron chi connectivity index (χ1n) is 7.22. The lowest BCUT2D eigenvalue weighted by molar-refractivity contribution is -0.156. The summed E-state index contributed by atoms with van der Waals surface area (Å²) in [5.41, 5.74) is 6.46. The van der Waals surface area contributed by atoms with Gasteiger partial charge >= 0.3 is 5.97 Å². The number of aliphatic hydroxyl groups is 1. The van der Waals surface area contributed by atoms with Gasteiger partial charge in [-0.05, 0) is 44.7 Å². The van der Waals surface area contributed by atoms with Crippen molar-refractivity contribution in [2.75, 3.05) is 0 Å². The SMILES string of the molecule is CC(C)CC(O)c1ccc(C(N)C(=O)OC(C)(C)C)cn1. The average Bonchev–Trinajstić information content (AvgIpc) is 2.35. The minimum Gasteiger partial charge on any atom is -0.459 e. The smallest absolute Gasteiger partial charge is 0.328 e. The number of aromatic nitrogens is 1. The number of pyridine rings is 1. The Morgan fingerprint density at radius 3 is 2.43 bits per heavy atom. The monoisotopic (exact) mass is 294 g/mol. The Bertz CT molecular complexity index is 463. The largest absolute Gasteiger partial charge is 0.459 e. The summed E-state index contributed by atoms with van der Waals surface area (Å²) in [7, 11) is 0. The number of aliphatic hydroxyl groups excluding tert-OH is 1. The predicted molar refractivity (Wildman–Crippen MR) is 81.4 cm³/mol. The number of nitrogens with two attached hydrogens (primary N) is 1. The highest BCUT2D eigenvalue weighted by atomic mass is 16.6. The topological polar surface area (TPSA) is 85.4 Å². The zero-order valence-corrected chi connectivity index (χ0v) is 13.5. The molecule has 0 amide bonds. The summed E-state index contributed by atoms with van der Waals surface area (Å²) in [4.78, 5) is 16.1. The van der Waals surface area contributed by atoms with E-state index in [1.165, 1.54) is 6.20 Å². The van der Waals surface area contributed by atoms with Crippen LogP contribution in [0.25, 0.3) is 0 Å². The Morgan fingerprint density at radius 2 is 2.00 bits per heavy atom. The molecule has 2 atom stereocenters. The molecule has 0 fully saturated rings. The quantitative estimate of drug-likeness (QED) is 0.815. The lowest BCUT2D eigenvalue weighted by atomic mass is 10.0. The molecule has 0 aliphatic heterocycles. The molecule has 118 valence electrons. The van der Waals surface area contributed by atoms with Crippen LogP contribution < -0.4 is 5.73 Å². The van der Waals surface area contributed by atoms with Crippen LogP contribution in [0.4, 0.5) is 0 Å². The van der Waals surface area contributed by atoms with Gasteiger partial charge in [0.05, 0.1) is 11.8 Å². The second-order valence-electron chi connectivity index (χ2n) is 6.67. The highest BCUT2D eigenvalue weighted by molar-refractivity contribution is 5.77. The minimum absolute atomic E-state index is 0.380. The van der Waals surface area contributed by atoms with Gasteiger partial charge in [-0.2, -0.15) is 0 Å². The molecule has 1 rings (SSSR count). The number of carbonyl (C=O) groups excluding carboxylic acids is 1. The molecular weight excluding hydrogens is 268 g/mol. The zero-order valence-electron chi connectivity index (χ0n) is 13.5. The number of hydrogen-bond acceptors (Lipinski definition) is 5. The molecule has 1 heterocycles. The van der Waals surface area contributed by atoms with Crippen LogP contribution in [0.3, 0.4) is 0 Å². The molecule has 0 aliphatic carbocycles. The third-order valence-corrected chi connectivity index (χ3v) is 2.87. The molecule has 5 nitrogen and oxygen atoms in total. The fourth-order valence-electron chi connectivity index (χ4n) is 1.87. The maximum Gasteiger partial charge on any atom is 0.328 e. The van der Waals surface area contributed by atoms with Crippen molar-refractivity contribution in [2.24, 2.45) is 11.7 Å². The number of esters is 1. The Balaban J connectivity index is 2.75. The summed E-state index contributed by atoms with van der Waals surface area (Å²) in [5.74, 6) is -0.106. The van der Waals surface area contributed by atoms with Crippen molar-refractivity contribution in [3.05, 3.63) is 29.6 Å². The fraction of sp³-hybridized carbons (Fsp3) is 0.625. The maximum absolute atomic E-state index is 11.9. The summed E-state index contributed by atoms with van der Waals surface area (Å²) in [5, 5.41) is 10.00. The van der Waals surface area contributed by atoms with Gasteiger partial charge in [-0.3, -0.25) is 4.98 Å². The highest BCUT2D eigenvalue weighted by Crippen LogP contribution is 2.21. The van der Waals surface area contributed by atoms with E-state index < -0.39 is 23.7 Å². The van der Waals surface area contributed by atoms with Crippen LogP contribution in [0, 0.1) is 5.92 Å². The molecule has 0 aliphatic rings. The molecular formula is C16H26N2O3. The second-order valence-corrected chi connectivity index (χ2v) is 6.67. The molecule has 5 heteroatoms. The van der Waals surface area contributed by atoms with Gasteiger partial charge in [-0.15, -0.1) is 0 Å². The molecule has 0 bridgehead atoms. The summed E-state index contributed by atoms with van der Waals surface area (Å²) < 4.78 is 5.24. The Morgan fingerprint density at radius 1 is 1.38 bits per heavy atom. The van der Waals surface area contributed by atoms with Crippen molar-refractivity contribution < 1.29 is 14.6 Å². The van der Waals surface area contributed by atoms with Gasteiger partial charge in [0, 0.05) is 6.20 Å². The van der Waals surface area contributed by atoms with Crippen molar-refractivity contribution in [2.45, 2.75) is 58.8 Å². The van der Waals surface area contributed by atoms with Crippen molar-refractivity contribution in [3.63, 3.8) is 0 Å². The summed E-state index contributed by atoms with van der Waals surface area (Å²) >= 11 is 0. The normalized spacial score (nSPS) is 14.9. The molecule has 0 aromatic carbocycles. The summed E-state index contributed by atoms with van der Waals surface area (Å²) in [6.07, 6.45) is 1.56. The standard InChI is InChI=1S/C16H26N2O3/c1-10(2)8-13(19)12-7-6-11(9-18-12)14(17)15(20)21-16(3,4)5/h6-7,9-10,13-14,19H,8,17H2,1-5H3. The van der Waals surface area contributed by atoms with E-state index >= 15 is 0 Å². The molecule has 1 aromatic rings. The van der Waals surface area contributed by atoms with Crippen molar-refractivity contribution in [1.82, 2.24) is 4.98 Å². The zero-order chi connectivity index (χ0) is 16.2. The van der Waals surface area contributed by atoms with Crippen LogP contribution in [0.15, 0.2) is 18.3 Å². The lowest BCUT2D eigenvalue weighted by Crippen LogP contribution is -2.31. The lowest BCUT2D eigenvalue weighted by Gasteiger charge is -2.22. The Hall–Kier alpha value is -1.46. The average molecular weight is 294 g/mol. The van der Waals surface area contributed by atoms with E-state index in [9.17, 15) is 9.90 Å². The van der Waals surface area contributed by atoms with Gasteiger partial charge in [-0.1, -0.05) is 19.9 Å². The number of rotatable bonds is 5. The third kappa shape index (κ3) is 5.81. The number of carbonyl (C=O) groups is 1. The van der Waals surface area contributed by atoms with Gasteiger partial charge in [0.2, 0.25) is 0 Å². The number of ether oxygens (including phenoxy) is 1. The molecule has 0 saturated heterocycles. The van der Waals surface area contributed by atoms with E-state index in [0.29, 0.717) is 23.6 Å². The van der Waals surface area contributed by atoms with Gasteiger partial charge in [0.25, 0.3) is 0 Å². The maximum atomic E-state index is 11.9. The van der Waals surface area contributed by atoms with Crippen molar-refractivity contribution in [3.8, 4) is 0 Å². The molecule has 21 heavy (non-hydrogen) atoms. The van der Waals surface area contributed by atoms with Crippen molar-refractivity contribution >= 4 is 5.97 Å². The Kier molecular flexibility index (Phi) is 5.87. The van der Waals surface area contributed by atoms with Crippen LogP contribution in [0.2, 0.25) is 0 Å². The van der Waals surface area contributed by atoms with E-state index in [0.717, 1.165) is 0 Å². The molecule has 1 aromatic heterocycles. The first kappa shape index (κ1) is 17.6. The summed E-state index contributed by atoms with van der Waals surface area (Å²) in [6, 6.07) is 2.54. The van der Waals surface area contributed by atoms with Crippen LogP contribution in [-0.4, -0.2) is 21.7 Å². The van der Waals surface area contributed by atoms with Crippen LogP contribution in [0.1, 0.15) is 64.4 Å². The first-order valence-corrected chi connectivity index (χ1v) is 7.22. The molecule has 0 spiro atoms. The number of nitrogens with zero attached hydrogens (tertiary/aromatic N) is 1. The molecule has 2 unspecified atom stereocenters. The number of hydrogen-bond donors (Lipinski definition) is 2. The van der Waals surface area contributed by atoms with Gasteiger partial charge in [0.15, 0.2) is 0 Å². The van der Waals surface area contributed by atoms with Gasteiger partial charge in [-0.25, -0.2) is 4.79 Å². The fourth-order valence-corrected chi connectivity index (χ4v) is 1.87. The van der Waals surface area contributed by atoms with E-state index in [2.05, 4.69) is 4.98 Å². The molecule has 3 N–H and O–H groups in total.